The first-order valence-corrected chi connectivity index (χ1v) is 11.3. The lowest BCUT2D eigenvalue weighted by Crippen LogP contribution is -2.37. The van der Waals surface area contributed by atoms with Crippen LogP contribution < -0.4 is 9.47 Å². The molecule has 4 nitrogen and oxygen atoms in total. The fourth-order valence-corrected chi connectivity index (χ4v) is 4.75. The number of nitrogens with zero attached hydrogens (tertiary/aromatic N) is 1. The lowest BCUT2D eigenvalue weighted by molar-refractivity contribution is 0.0474. The van der Waals surface area contributed by atoms with E-state index in [1.165, 1.54) is 11.1 Å². The van der Waals surface area contributed by atoms with Gasteiger partial charge in [-0.15, -0.1) is 0 Å². The molecule has 32 heavy (non-hydrogen) atoms. The number of hydrogen-bond donors (Lipinski definition) is 1. The van der Waals surface area contributed by atoms with E-state index in [4.69, 9.17) is 9.47 Å². The fraction of sp³-hybridized carbons (Fsp3) is 0.357. The summed E-state index contributed by atoms with van der Waals surface area (Å²) in [6, 6.07) is 26.9. The second kappa shape index (κ2) is 9.76. The van der Waals surface area contributed by atoms with Crippen molar-refractivity contribution in [3.8, 4) is 11.5 Å². The molecular formula is C28H33NO3. The van der Waals surface area contributed by atoms with Gasteiger partial charge in [0.25, 0.3) is 0 Å². The molecule has 1 aliphatic rings. The van der Waals surface area contributed by atoms with Gasteiger partial charge in [0.2, 0.25) is 0 Å². The quantitative estimate of drug-likeness (QED) is 0.528. The molecule has 3 aromatic carbocycles. The molecule has 0 unspecified atom stereocenters. The normalized spacial score (nSPS) is 21.9. The minimum atomic E-state index is -0.427. The van der Waals surface area contributed by atoms with Crippen LogP contribution in [0.3, 0.4) is 0 Å². The van der Waals surface area contributed by atoms with Gasteiger partial charge in [0.1, 0.15) is 6.61 Å². The van der Waals surface area contributed by atoms with Crippen molar-refractivity contribution in [2.24, 2.45) is 5.41 Å². The van der Waals surface area contributed by atoms with E-state index in [1.54, 1.807) is 7.11 Å². The summed E-state index contributed by atoms with van der Waals surface area (Å²) < 4.78 is 11.7. The predicted octanol–water partition coefficient (Wildman–Crippen LogP) is 5.26. The summed E-state index contributed by atoms with van der Waals surface area (Å²) in [4.78, 5) is 2.45. The molecule has 1 heterocycles. The minimum Gasteiger partial charge on any atom is -0.493 e. The molecule has 1 fully saturated rings. The Morgan fingerprint density at radius 2 is 1.62 bits per heavy atom. The van der Waals surface area contributed by atoms with Gasteiger partial charge < -0.3 is 14.6 Å². The zero-order valence-electron chi connectivity index (χ0n) is 19.2. The van der Waals surface area contributed by atoms with Crippen LogP contribution in [0, 0.1) is 5.41 Å². The van der Waals surface area contributed by atoms with Crippen LogP contribution in [0.2, 0.25) is 0 Å². The van der Waals surface area contributed by atoms with E-state index < -0.39 is 6.10 Å². The van der Waals surface area contributed by atoms with Crippen LogP contribution in [0.5, 0.6) is 11.5 Å². The highest BCUT2D eigenvalue weighted by atomic mass is 16.5. The van der Waals surface area contributed by atoms with Crippen LogP contribution in [-0.4, -0.2) is 36.3 Å². The first-order chi connectivity index (χ1) is 15.5. The van der Waals surface area contributed by atoms with Crippen LogP contribution in [0.15, 0.2) is 78.9 Å². The monoisotopic (exact) mass is 431 g/mol. The minimum absolute atomic E-state index is 0.191. The average molecular weight is 432 g/mol. The van der Waals surface area contributed by atoms with Crippen molar-refractivity contribution in [1.29, 1.82) is 0 Å². The first-order valence-electron chi connectivity index (χ1n) is 11.3. The van der Waals surface area contributed by atoms with E-state index in [1.807, 2.05) is 37.3 Å². The summed E-state index contributed by atoms with van der Waals surface area (Å²) in [6.07, 6.45) is -0.427. The van der Waals surface area contributed by atoms with Gasteiger partial charge in [0.05, 0.1) is 13.2 Å². The molecular weight excluding hydrogens is 398 g/mol. The topological polar surface area (TPSA) is 41.9 Å². The molecule has 4 heteroatoms. The molecule has 0 radical (unpaired) electrons. The summed E-state index contributed by atoms with van der Waals surface area (Å²) in [5.41, 5.74) is 3.33. The number of aliphatic hydroxyl groups is 1. The van der Waals surface area contributed by atoms with Gasteiger partial charge >= 0.3 is 0 Å². The summed E-state index contributed by atoms with van der Waals surface area (Å²) in [5, 5.41) is 10.8. The van der Waals surface area contributed by atoms with Gasteiger partial charge in [-0.1, -0.05) is 73.7 Å². The number of methoxy groups -OCH3 is 1. The second-order valence-electron chi connectivity index (χ2n) is 9.07. The van der Waals surface area contributed by atoms with Gasteiger partial charge in [-0.2, -0.15) is 0 Å². The van der Waals surface area contributed by atoms with Crippen molar-refractivity contribution >= 4 is 0 Å². The molecule has 1 aliphatic heterocycles. The zero-order chi connectivity index (χ0) is 22.6. The predicted molar refractivity (Wildman–Crippen MR) is 128 cm³/mol. The third-order valence-electron chi connectivity index (χ3n) is 6.83. The molecule has 0 saturated carbocycles. The van der Waals surface area contributed by atoms with Crippen molar-refractivity contribution in [2.45, 2.75) is 39.0 Å². The largest absolute Gasteiger partial charge is 0.493 e. The standard InChI is InChI=1S/C28H33NO3/c1-21(30)28(2)20-29(17-22-10-6-4-7-11-22)18-25(28)24-14-15-26(31-3)27(16-24)32-19-23-12-8-5-9-13-23/h4-16,21,25,30H,17-20H2,1-3H3/t21-,25-,28+/m1/s1. The van der Waals surface area contributed by atoms with Crippen LogP contribution in [0.25, 0.3) is 0 Å². The van der Waals surface area contributed by atoms with Crippen LogP contribution in [0.1, 0.15) is 36.5 Å². The third kappa shape index (κ3) is 4.82. The lowest BCUT2D eigenvalue weighted by Gasteiger charge is -2.34. The zero-order valence-corrected chi connectivity index (χ0v) is 19.2. The van der Waals surface area contributed by atoms with Crippen LogP contribution in [-0.2, 0) is 13.2 Å². The lowest BCUT2D eigenvalue weighted by atomic mass is 9.72. The molecule has 0 aromatic heterocycles. The van der Waals surface area contributed by atoms with Gasteiger partial charge in [-0.25, -0.2) is 0 Å². The molecule has 1 N–H and O–H groups in total. The molecule has 0 amide bonds. The SMILES string of the molecule is COc1ccc([C@H]2CN(Cc3ccccc3)C[C@@]2(C)[C@@H](C)O)cc1OCc1ccccc1. The Morgan fingerprint density at radius 3 is 2.25 bits per heavy atom. The van der Waals surface area contributed by atoms with Gasteiger partial charge in [-0.05, 0) is 35.7 Å². The van der Waals surface area contributed by atoms with Crippen LogP contribution >= 0.6 is 0 Å². The van der Waals surface area contributed by atoms with Crippen molar-refractivity contribution in [2.75, 3.05) is 20.2 Å². The van der Waals surface area contributed by atoms with E-state index in [9.17, 15) is 5.11 Å². The molecule has 3 aromatic rings. The summed E-state index contributed by atoms with van der Waals surface area (Å²) in [7, 11) is 1.67. The Balaban J connectivity index is 1.58. The number of ether oxygens (including phenoxy) is 2. The van der Waals surface area contributed by atoms with Gasteiger partial charge in [-0.3, -0.25) is 4.90 Å². The Morgan fingerprint density at radius 1 is 0.969 bits per heavy atom. The number of aliphatic hydroxyl groups excluding tert-OH is 1. The maximum Gasteiger partial charge on any atom is 0.161 e. The Kier molecular flexibility index (Phi) is 6.83. The molecule has 0 spiro atoms. The molecule has 0 bridgehead atoms. The first kappa shape index (κ1) is 22.4. The fourth-order valence-electron chi connectivity index (χ4n) is 4.75. The van der Waals surface area contributed by atoms with Crippen molar-refractivity contribution in [3.05, 3.63) is 95.6 Å². The number of hydrogen-bond acceptors (Lipinski definition) is 4. The number of likely N-dealkylation sites (tertiary alicyclic amines) is 1. The van der Waals surface area contributed by atoms with E-state index in [0.717, 1.165) is 36.7 Å². The molecule has 0 aliphatic carbocycles. The van der Waals surface area contributed by atoms with Crippen LogP contribution in [0.4, 0.5) is 0 Å². The van der Waals surface area contributed by atoms with Crippen molar-refractivity contribution in [3.63, 3.8) is 0 Å². The maximum atomic E-state index is 10.8. The van der Waals surface area contributed by atoms with E-state index in [2.05, 4.69) is 60.4 Å². The molecule has 1 saturated heterocycles. The summed E-state index contributed by atoms with van der Waals surface area (Å²) in [6.45, 7) is 7.21. The van der Waals surface area contributed by atoms with E-state index in [0.29, 0.717) is 6.61 Å². The summed E-state index contributed by atoms with van der Waals surface area (Å²) in [5.74, 6) is 1.65. The molecule has 4 rings (SSSR count). The Hall–Kier alpha value is -2.82. The smallest absolute Gasteiger partial charge is 0.161 e. The van der Waals surface area contributed by atoms with Gasteiger partial charge in [0, 0.05) is 31.0 Å². The third-order valence-corrected chi connectivity index (χ3v) is 6.83. The number of benzene rings is 3. The second-order valence-corrected chi connectivity index (χ2v) is 9.07. The van der Waals surface area contributed by atoms with Gasteiger partial charge in [0.15, 0.2) is 11.5 Å². The maximum absolute atomic E-state index is 10.8. The summed E-state index contributed by atoms with van der Waals surface area (Å²) >= 11 is 0. The van der Waals surface area contributed by atoms with E-state index in [-0.39, 0.29) is 11.3 Å². The Labute approximate surface area is 191 Å². The highest BCUT2D eigenvalue weighted by molar-refractivity contribution is 5.45. The highest BCUT2D eigenvalue weighted by Gasteiger charge is 2.46. The molecule has 168 valence electrons. The average Bonchev–Trinajstić information content (AvgIpc) is 3.16. The van der Waals surface area contributed by atoms with Crippen molar-refractivity contribution in [1.82, 2.24) is 4.90 Å². The molecule has 3 atom stereocenters. The van der Waals surface area contributed by atoms with Crippen molar-refractivity contribution < 1.29 is 14.6 Å². The Bertz CT molecular complexity index is 1010. The highest BCUT2D eigenvalue weighted by Crippen LogP contribution is 2.47. The van der Waals surface area contributed by atoms with E-state index >= 15 is 0 Å². The number of rotatable bonds is 8.